The summed E-state index contributed by atoms with van der Waals surface area (Å²) in [6.07, 6.45) is 1.86. The van der Waals surface area contributed by atoms with E-state index < -0.39 is 0 Å². The molecular formula is C16H25N3O3. The van der Waals surface area contributed by atoms with E-state index in [4.69, 9.17) is 9.47 Å². The Morgan fingerprint density at radius 3 is 2.77 bits per heavy atom. The van der Waals surface area contributed by atoms with E-state index in [1.807, 2.05) is 39.8 Å². The fraction of sp³-hybridized carbons (Fsp3) is 0.625. The summed E-state index contributed by atoms with van der Waals surface area (Å²) in [5, 5.41) is 2.93. The quantitative estimate of drug-likeness (QED) is 0.926. The lowest BCUT2D eigenvalue weighted by molar-refractivity contribution is -0.0545. The van der Waals surface area contributed by atoms with Crippen molar-refractivity contribution in [2.24, 2.45) is 0 Å². The molecule has 22 heavy (non-hydrogen) atoms. The van der Waals surface area contributed by atoms with Gasteiger partial charge in [-0.3, -0.25) is 0 Å². The number of morpholine rings is 1. The number of pyridine rings is 1. The zero-order valence-corrected chi connectivity index (χ0v) is 13.7. The van der Waals surface area contributed by atoms with Gasteiger partial charge in [0.25, 0.3) is 0 Å². The number of aromatic nitrogens is 1. The van der Waals surface area contributed by atoms with Crippen LogP contribution in [0, 0.1) is 0 Å². The van der Waals surface area contributed by atoms with Gasteiger partial charge in [-0.1, -0.05) is 6.07 Å². The summed E-state index contributed by atoms with van der Waals surface area (Å²) >= 11 is 0. The molecule has 2 amide bonds. The summed E-state index contributed by atoms with van der Waals surface area (Å²) < 4.78 is 11.3. The first-order valence-corrected chi connectivity index (χ1v) is 7.74. The molecular weight excluding hydrogens is 282 g/mol. The second-order valence-electron chi connectivity index (χ2n) is 5.96. The van der Waals surface area contributed by atoms with Gasteiger partial charge in [0.2, 0.25) is 5.88 Å². The van der Waals surface area contributed by atoms with Crippen LogP contribution in [0.15, 0.2) is 18.3 Å². The lowest BCUT2D eigenvalue weighted by Crippen LogP contribution is -2.51. The molecule has 6 nitrogen and oxygen atoms in total. The highest BCUT2D eigenvalue weighted by Gasteiger charge is 2.25. The number of nitrogens with zero attached hydrogens (tertiary/aromatic N) is 2. The van der Waals surface area contributed by atoms with Gasteiger partial charge < -0.3 is 19.7 Å². The van der Waals surface area contributed by atoms with Crippen LogP contribution in [0.1, 0.15) is 33.3 Å². The minimum atomic E-state index is -0.0821. The third-order valence-corrected chi connectivity index (χ3v) is 3.33. The van der Waals surface area contributed by atoms with Gasteiger partial charge in [0.1, 0.15) is 0 Å². The van der Waals surface area contributed by atoms with Gasteiger partial charge in [-0.2, -0.15) is 0 Å². The van der Waals surface area contributed by atoms with Gasteiger partial charge in [-0.15, -0.1) is 0 Å². The first kappa shape index (κ1) is 16.5. The molecule has 0 aromatic carbocycles. The first-order valence-electron chi connectivity index (χ1n) is 7.74. The van der Waals surface area contributed by atoms with E-state index in [9.17, 15) is 4.79 Å². The summed E-state index contributed by atoms with van der Waals surface area (Å²) in [5.74, 6) is 0.571. The minimum absolute atomic E-state index is 0.0466. The molecule has 0 radical (unpaired) electrons. The van der Waals surface area contributed by atoms with Crippen LogP contribution >= 0.6 is 0 Å². The van der Waals surface area contributed by atoms with E-state index in [2.05, 4.69) is 10.3 Å². The Morgan fingerprint density at radius 2 is 2.14 bits per heavy atom. The van der Waals surface area contributed by atoms with E-state index >= 15 is 0 Å². The zero-order chi connectivity index (χ0) is 16.1. The van der Waals surface area contributed by atoms with E-state index in [-0.39, 0.29) is 24.3 Å². The van der Waals surface area contributed by atoms with Gasteiger partial charge in [-0.25, -0.2) is 9.78 Å². The summed E-state index contributed by atoms with van der Waals surface area (Å²) in [7, 11) is 0. The SMILES string of the molecule is CC(C)Oc1ncccc1CNC(=O)N1C[C@H](C)O[C@@H](C)C1. The number of rotatable bonds is 4. The number of nitrogens with one attached hydrogen (secondary N) is 1. The normalized spacial score (nSPS) is 21.8. The Balaban J connectivity index is 1.93. The maximum atomic E-state index is 12.3. The van der Waals surface area contributed by atoms with E-state index in [0.717, 1.165) is 5.56 Å². The number of hydrogen-bond donors (Lipinski definition) is 1. The zero-order valence-electron chi connectivity index (χ0n) is 13.7. The monoisotopic (exact) mass is 307 g/mol. The van der Waals surface area contributed by atoms with Crippen LogP contribution in [0.4, 0.5) is 4.79 Å². The molecule has 1 aromatic rings. The van der Waals surface area contributed by atoms with Crippen LogP contribution in [0.5, 0.6) is 5.88 Å². The summed E-state index contributed by atoms with van der Waals surface area (Å²) in [4.78, 5) is 18.3. The summed E-state index contributed by atoms with van der Waals surface area (Å²) in [6, 6.07) is 3.67. The molecule has 6 heteroatoms. The molecule has 1 aliphatic rings. The maximum absolute atomic E-state index is 12.3. The fourth-order valence-electron chi connectivity index (χ4n) is 2.51. The van der Waals surface area contributed by atoms with Crippen LogP contribution in [-0.2, 0) is 11.3 Å². The van der Waals surface area contributed by atoms with Crippen molar-refractivity contribution in [3.63, 3.8) is 0 Å². The second kappa shape index (κ2) is 7.45. The highest BCUT2D eigenvalue weighted by Crippen LogP contribution is 2.16. The van der Waals surface area contributed by atoms with Crippen molar-refractivity contribution in [1.29, 1.82) is 0 Å². The smallest absolute Gasteiger partial charge is 0.317 e. The molecule has 1 N–H and O–H groups in total. The predicted molar refractivity (Wildman–Crippen MR) is 83.8 cm³/mol. The standard InChI is InChI=1S/C16H25N3O3/c1-11(2)21-15-14(6-5-7-17-15)8-18-16(20)19-9-12(3)22-13(4)10-19/h5-7,11-13H,8-10H2,1-4H3,(H,18,20)/t12-,13-/m0/s1. The Morgan fingerprint density at radius 1 is 1.45 bits per heavy atom. The molecule has 1 aromatic heterocycles. The molecule has 1 saturated heterocycles. The molecule has 0 spiro atoms. The summed E-state index contributed by atoms with van der Waals surface area (Å²) in [5.41, 5.74) is 0.874. The maximum Gasteiger partial charge on any atom is 0.317 e. The van der Waals surface area contributed by atoms with E-state index in [1.54, 1.807) is 11.1 Å². The minimum Gasteiger partial charge on any atom is -0.475 e. The van der Waals surface area contributed by atoms with Crippen molar-refractivity contribution >= 4 is 6.03 Å². The molecule has 0 saturated carbocycles. The Hall–Kier alpha value is -1.82. The molecule has 0 aliphatic carbocycles. The number of carbonyl (C=O) groups excluding carboxylic acids is 1. The van der Waals surface area contributed by atoms with Gasteiger partial charge in [-0.05, 0) is 33.8 Å². The molecule has 2 atom stereocenters. The van der Waals surface area contributed by atoms with E-state index in [0.29, 0.717) is 25.5 Å². The molecule has 1 aliphatic heterocycles. The number of hydrogen-bond acceptors (Lipinski definition) is 4. The van der Waals surface area contributed by atoms with Crippen LogP contribution < -0.4 is 10.1 Å². The third kappa shape index (κ3) is 4.59. The van der Waals surface area contributed by atoms with Crippen molar-refractivity contribution in [2.75, 3.05) is 13.1 Å². The largest absolute Gasteiger partial charge is 0.475 e. The van der Waals surface area contributed by atoms with Crippen molar-refractivity contribution in [2.45, 2.75) is 52.6 Å². The lowest BCUT2D eigenvalue weighted by atomic mass is 10.2. The van der Waals surface area contributed by atoms with Crippen molar-refractivity contribution in [1.82, 2.24) is 15.2 Å². The predicted octanol–water partition coefficient (Wildman–Crippen LogP) is 2.19. The van der Waals surface area contributed by atoms with Crippen molar-refractivity contribution in [3.05, 3.63) is 23.9 Å². The highest BCUT2D eigenvalue weighted by molar-refractivity contribution is 5.74. The van der Waals surface area contributed by atoms with Gasteiger partial charge >= 0.3 is 6.03 Å². The highest BCUT2D eigenvalue weighted by atomic mass is 16.5. The van der Waals surface area contributed by atoms with Gasteiger partial charge in [0.05, 0.1) is 18.3 Å². The Labute approximate surface area is 131 Å². The van der Waals surface area contributed by atoms with Gasteiger partial charge in [0.15, 0.2) is 0 Å². The average Bonchev–Trinajstić information content (AvgIpc) is 2.44. The van der Waals surface area contributed by atoms with E-state index in [1.165, 1.54) is 0 Å². The molecule has 1 fully saturated rings. The average molecular weight is 307 g/mol. The van der Waals surface area contributed by atoms with Crippen LogP contribution in [0.2, 0.25) is 0 Å². The number of amides is 2. The van der Waals surface area contributed by atoms with Crippen LogP contribution in [0.3, 0.4) is 0 Å². The number of ether oxygens (including phenoxy) is 2. The molecule has 0 bridgehead atoms. The van der Waals surface area contributed by atoms with Crippen LogP contribution in [0.25, 0.3) is 0 Å². The first-order chi connectivity index (χ1) is 10.5. The van der Waals surface area contributed by atoms with Gasteiger partial charge in [0, 0.05) is 31.4 Å². The molecule has 122 valence electrons. The topological polar surface area (TPSA) is 63.7 Å². The van der Waals surface area contributed by atoms with Crippen molar-refractivity contribution < 1.29 is 14.3 Å². The van der Waals surface area contributed by atoms with Crippen molar-refractivity contribution in [3.8, 4) is 5.88 Å². The summed E-state index contributed by atoms with van der Waals surface area (Å²) in [6.45, 7) is 9.48. The lowest BCUT2D eigenvalue weighted by Gasteiger charge is -2.35. The molecule has 2 rings (SSSR count). The fourth-order valence-corrected chi connectivity index (χ4v) is 2.51. The number of urea groups is 1. The number of carbonyl (C=O) groups is 1. The molecule has 2 heterocycles. The third-order valence-electron chi connectivity index (χ3n) is 3.33. The Kier molecular flexibility index (Phi) is 5.60. The second-order valence-corrected chi connectivity index (χ2v) is 5.96. The Bertz CT molecular complexity index is 497. The molecule has 0 unspecified atom stereocenters. The van der Waals surface area contributed by atoms with Crippen LogP contribution in [-0.4, -0.2) is 47.3 Å².